The number of ether oxygens (including phenoxy) is 2. The minimum atomic E-state index is 0.0906. The molecule has 18 heavy (non-hydrogen) atoms. The Labute approximate surface area is 108 Å². The molecule has 0 radical (unpaired) electrons. The number of nitrogens with one attached hydrogen (secondary N) is 1. The highest BCUT2D eigenvalue weighted by atomic mass is 16.5. The van der Waals surface area contributed by atoms with Gasteiger partial charge in [-0.05, 0) is 30.5 Å². The van der Waals surface area contributed by atoms with Gasteiger partial charge in [-0.1, -0.05) is 12.1 Å². The van der Waals surface area contributed by atoms with Crippen LogP contribution in [-0.2, 0) is 11.3 Å². The van der Waals surface area contributed by atoms with Gasteiger partial charge >= 0.3 is 0 Å². The van der Waals surface area contributed by atoms with Gasteiger partial charge in [0.2, 0.25) is 0 Å². The third kappa shape index (κ3) is 4.02. The van der Waals surface area contributed by atoms with E-state index in [0.29, 0.717) is 6.04 Å². The van der Waals surface area contributed by atoms with E-state index >= 15 is 0 Å². The maximum atomic E-state index is 8.47. The van der Waals surface area contributed by atoms with Crippen LogP contribution in [-0.4, -0.2) is 25.9 Å². The van der Waals surface area contributed by atoms with E-state index in [4.69, 9.17) is 14.7 Å². The zero-order chi connectivity index (χ0) is 12.6. The molecule has 0 aliphatic carbocycles. The third-order valence-electron chi connectivity index (χ3n) is 2.96. The van der Waals surface area contributed by atoms with E-state index in [9.17, 15) is 0 Å². The summed E-state index contributed by atoms with van der Waals surface area (Å²) in [5.41, 5.74) is 1.16. The zero-order valence-electron chi connectivity index (χ0n) is 10.4. The van der Waals surface area contributed by atoms with Crippen LogP contribution < -0.4 is 10.1 Å². The molecule has 1 aromatic rings. The summed E-state index contributed by atoms with van der Waals surface area (Å²) >= 11 is 0. The van der Waals surface area contributed by atoms with Gasteiger partial charge in [0.15, 0.2) is 6.61 Å². The lowest BCUT2D eigenvalue weighted by atomic mass is 10.1. The van der Waals surface area contributed by atoms with Gasteiger partial charge in [-0.25, -0.2) is 0 Å². The average molecular weight is 246 g/mol. The van der Waals surface area contributed by atoms with Gasteiger partial charge in [0.05, 0.1) is 6.61 Å². The quantitative estimate of drug-likeness (QED) is 0.861. The fourth-order valence-corrected chi connectivity index (χ4v) is 2.02. The Morgan fingerprint density at radius 2 is 2.44 bits per heavy atom. The molecule has 1 saturated heterocycles. The van der Waals surface area contributed by atoms with Crippen LogP contribution in [0.2, 0.25) is 0 Å². The van der Waals surface area contributed by atoms with Crippen LogP contribution in [0.5, 0.6) is 5.75 Å². The Kier molecular flexibility index (Phi) is 5.00. The lowest BCUT2D eigenvalue weighted by Crippen LogP contribution is -2.36. The molecule has 1 heterocycles. The molecule has 4 nitrogen and oxygen atoms in total. The van der Waals surface area contributed by atoms with E-state index < -0.39 is 0 Å². The molecule has 1 unspecified atom stereocenters. The maximum Gasteiger partial charge on any atom is 0.174 e. The van der Waals surface area contributed by atoms with Crippen molar-refractivity contribution in [3.05, 3.63) is 29.8 Å². The molecule has 0 saturated carbocycles. The Morgan fingerprint density at radius 3 is 3.22 bits per heavy atom. The second-order valence-electron chi connectivity index (χ2n) is 4.39. The summed E-state index contributed by atoms with van der Waals surface area (Å²) in [6, 6.07) is 10.2. The standard InChI is InChI=1S/C14H18N2O2/c15-6-8-18-14-5-1-3-12(9-14)10-16-13-4-2-7-17-11-13/h1,3,5,9,13,16H,2,4,7-8,10-11H2. The summed E-state index contributed by atoms with van der Waals surface area (Å²) in [7, 11) is 0. The van der Waals surface area contributed by atoms with Gasteiger partial charge in [-0.15, -0.1) is 0 Å². The molecule has 1 aliphatic rings. The Hall–Kier alpha value is -1.57. The molecule has 0 bridgehead atoms. The first-order valence-electron chi connectivity index (χ1n) is 6.28. The van der Waals surface area contributed by atoms with Crippen molar-refractivity contribution in [3.8, 4) is 11.8 Å². The van der Waals surface area contributed by atoms with Crippen LogP contribution in [0.4, 0.5) is 0 Å². The van der Waals surface area contributed by atoms with Gasteiger partial charge in [-0.3, -0.25) is 0 Å². The predicted molar refractivity (Wildman–Crippen MR) is 68.2 cm³/mol. The molecule has 96 valence electrons. The molecular formula is C14H18N2O2. The third-order valence-corrected chi connectivity index (χ3v) is 2.96. The van der Waals surface area contributed by atoms with Crippen LogP contribution in [0.1, 0.15) is 18.4 Å². The minimum absolute atomic E-state index is 0.0906. The first-order valence-corrected chi connectivity index (χ1v) is 6.28. The Morgan fingerprint density at radius 1 is 1.50 bits per heavy atom. The van der Waals surface area contributed by atoms with Crippen molar-refractivity contribution in [1.29, 1.82) is 5.26 Å². The van der Waals surface area contributed by atoms with Crippen molar-refractivity contribution in [3.63, 3.8) is 0 Å². The van der Waals surface area contributed by atoms with Gasteiger partial charge in [0.1, 0.15) is 11.8 Å². The molecule has 0 aromatic heterocycles. The van der Waals surface area contributed by atoms with Gasteiger partial charge in [0, 0.05) is 19.2 Å². The van der Waals surface area contributed by atoms with Crippen molar-refractivity contribution in [1.82, 2.24) is 5.32 Å². The molecule has 1 aromatic carbocycles. The average Bonchev–Trinajstić information content (AvgIpc) is 2.44. The van der Waals surface area contributed by atoms with Gasteiger partial charge in [0.25, 0.3) is 0 Å². The molecule has 4 heteroatoms. The molecule has 0 spiro atoms. The second kappa shape index (κ2) is 7.00. The highest BCUT2D eigenvalue weighted by molar-refractivity contribution is 5.28. The summed E-state index contributed by atoms with van der Waals surface area (Å²) < 4.78 is 10.7. The van der Waals surface area contributed by atoms with E-state index in [0.717, 1.165) is 37.5 Å². The first kappa shape index (κ1) is 12.9. The molecule has 1 atom stereocenters. The van der Waals surface area contributed by atoms with Gasteiger partial charge in [-0.2, -0.15) is 5.26 Å². The molecule has 1 aliphatic heterocycles. The van der Waals surface area contributed by atoms with Gasteiger partial charge < -0.3 is 14.8 Å². The lowest BCUT2D eigenvalue weighted by molar-refractivity contribution is 0.0699. The fraction of sp³-hybridized carbons (Fsp3) is 0.500. The van der Waals surface area contributed by atoms with E-state index in [1.807, 2.05) is 24.3 Å². The smallest absolute Gasteiger partial charge is 0.174 e. The molecular weight excluding hydrogens is 228 g/mol. The summed E-state index contributed by atoms with van der Waals surface area (Å²) in [5.74, 6) is 0.746. The Bertz CT molecular complexity index is 409. The van der Waals surface area contributed by atoms with Crippen LogP contribution in [0.15, 0.2) is 24.3 Å². The lowest BCUT2D eigenvalue weighted by Gasteiger charge is -2.23. The van der Waals surface area contributed by atoms with Crippen molar-refractivity contribution >= 4 is 0 Å². The van der Waals surface area contributed by atoms with E-state index in [1.54, 1.807) is 0 Å². The van der Waals surface area contributed by atoms with Crippen LogP contribution in [0.25, 0.3) is 0 Å². The van der Waals surface area contributed by atoms with Crippen LogP contribution >= 0.6 is 0 Å². The number of hydrogen-bond donors (Lipinski definition) is 1. The summed E-state index contributed by atoms with van der Waals surface area (Å²) in [5, 5.41) is 11.9. The van der Waals surface area contributed by atoms with Crippen molar-refractivity contribution in [2.45, 2.75) is 25.4 Å². The highest BCUT2D eigenvalue weighted by Gasteiger charge is 2.12. The van der Waals surface area contributed by atoms with E-state index in [2.05, 4.69) is 11.4 Å². The molecule has 1 N–H and O–H groups in total. The van der Waals surface area contributed by atoms with Crippen LogP contribution in [0.3, 0.4) is 0 Å². The number of rotatable bonds is 5. The number of hydrogen-bond acceptors (Lipinski definition) is 4. The topological polar surface area (TPSA) is 54.3 Å². The van der Waals surface area contributed by atoms with Crippen LogP contribution in [0, 0.1) is 11.3 Å². The SMILES string of the molecule is N#CCOc1cccc(CNC2CCCOC2)c1. The first-order chi connectivity index (χ1) is 8.88. The number of benzene rings is 1. The van der Waals surface area contributed by atoms with Crippen molar-refractivity contribution in [2.75, 3.05) is 19.8 Å². The Balaban J connectivity index is 1.82. The molecule has 1 fully saturated rings. The number of nitrogens with zero attached hydrogens (tertiary/aromatic N) is 1. The predicted octanol–water partition coefficient (Wildman–Crippen LogP) is 1.86. The largest absolute Gasteiger partial charge is 0.479 e. The normalized spacial score (nSPS) is 19.2. The zero-order valence-corrected chi connectivity index (χ0v) is 10.4. The highest BCUT2D eigenvalue weighted by Crippen LogP contribution is 2.14. The fourth-order valence-electron chi connectivity index (χ4n) is 2.02. The molecule has 2 rings (SSSR count). The summed E-state index contributed by atoms with van der Waals surface area (Å²) in [6.07, 6.45) is 2.30. The maximum absolute atomic E-state index is 8.47. The summed E-state index contributed by atoms with van der Waals surface area (Å²) in [6.45, 7) is 2.57. The molecule has 0 amide bonds. The minimum Gasteiger partial charge on any atom is -0.479 e. The van der Waals surface area contributed by atoms with Crippen molar-refractivity contribution in [2.24, 2.45) is 0 Å². The van der Waals surface area contributed by atoms with E-state index in [-0.39, 0.29) is 6.61 Å². The summed E-state index contributed by atoms with van der Waals surface area (Å²) in [4.78, 5) is 0. The van der Waals surface area contributed by atoms with E-state index in [1.165, 1.54) is 6.42 Å². The monoisotopic (exact) mass is 246 g/mol. The van der Waals surface area contributed by atoms with Crippen molar-refractivity contribution < 1.29 is 9.47 Å². The number of nitriles is 1. The second-order valence-corrected chi connectivity index (χ2v) is 4.39.